The van der Waals surface area contributed by atoms with E-state index >= 15 is 0 Å². The van der Waals surface area contributed by atoms with Crippen LogP contribution < -0.4 is 9.64 Å². The topological polar surface area (TPSA) is 66.8 Å². The highest BCUT2D eigenvalue weighted by atomic mass is 32.1. The second-order valence-corrected chi connectivity index (χ2v) is 8.16. The summed E-state index contributed by atoms with van der Waals surface area (Å²) in [6, 6.07) is 15.7. The van der Waals surface area contributed by atoms with Crippen molar-refractivity contribution in [2.45, 2.75) is 19.9 Å². The Kier molecular flexibility index (Phi) is 5.18. The minimum absolute atomic E-state index is 0.0912. The van der Waals surface area contributed by atoms with Crippen molar-refractivity contribution >= 4 is 28.7 Å². The SMILES string of the molecule is COc1ccc(C2C(C(=O)c3cccs3)=C(O)C(=O)N2c2cc(C)ccc2C)cc1. The molecule has 4 rings (SSSR count). The first-order valence-electron chi connectivity index (χ1n) is 9.48. The molecule has 0 spiro atoms. The summed E-state index contributed by atoms with van der Waals surface area (Å²) in [5.41, 5.74) is 3.34. The fourth-order valence-corrected chi connectivity index (χ4v) is 4.38. The Balaban J connectivity index is 1.91. The Morgan fingerprint density at radius 1 is 1.10 bits per heavy atom. The Morgan fingerprint density at radius 3 is 2.47 bits per heavy atom. The molecule has 0 saturated carbocycles. The zero-order chi connectivity index (χ0) is 21.4. The molecule has 3 aromatic rings. The highest BCUT2D eigenvalue weighted by molar-refractivity contribution is 7.12. The summed E-state index contributed by atoms with van der Waals surface area (Å²) in [6.07, 6.45) is 0. The van der Waals surface area contributed by atoms with Gasteiger partial charge in [0.1, 0.15) is 5.75 Å². The summed E-state index contributed by atoms with van der Waals surface area (Å²) in [6.45, 7) is 3.85. The summed E-state index contributed by atoms with van der Waals surface area (Å²) in [5, 5.41) is 12.6. The van der Waals surface area contributed by atoms with Crippen LogP contribution in [0.2, 0.25) is 0 Å². The van der Waals surface area contributed by atoms with Crippen molar-refractivity contribution < 1.29 is 19.4 Å². The van der Waals surface area contributed by atoms with Gasteiger partial charge in [-0.05, 0) is 60.2 Å². The number of aliphatic hydroxyl groups is 1. The number of benzene rings is 2. The molecule has 152 valence electrons. The molecule has 5 nitrogen and oxygen atoms in total. The molecule has 0 fully saturated rings. The second-order valence-electron chi connectivity index (χ2n) is 7.21. The number of ether oxygens (including phenoxy) is 1. The number of carbonyl (C=O) groups is 2. The summed E-state index contributed by atoms with van der Waals surface area (Å²) in [7, 11) is 1.58. The number of hydrogen-bond acceptors (Lipinski definition) is 5. The van der Waals surface area contributed by atoms with Gasteiger partial charge in [0.15, 0.2) is 5.76 Å². The lowest BCUT2D eigenvalue weighted by Gasteiger charge is -2.28. The van der Waals surface area contributed by atoms with Gasteiger partial charge in [-0.25, -0.2) is 0 Å². The van der Waals surface area contributed by atoms with Crippen LogP contribution in [0.25, 0.3) is 0 Å². The third kappa shape index (κ3) is 3.29. The highest BCUT2D eigenvalue weighted by Gasteiger charge is 2.45. The maximum Gasteiger partial charge on any atom is 0.294 e. The second kappa shape index (κ2) is 7.80. The van der Waals surface area contributed by atoms with Crippen LogP contribution in [0.4, 0.5) is 5.69 Å². The molecule has 1 N–H and O–H groups in total. The summed E-state index contributed by atoms with van der Waals surface area (Å²) in [5.74, 6) is -0.760. The van der Waals surface area contributed by atoms with Crippen molar-refractivity contribution in [1.29, 1.82) is 0 Å². The molecule has 1 amide bonds. The van der Waals surface area contributed by atoms with Crippen molar-refractivity contribution in [2.24, 2.45) is 0 Å². The molecule has 2 heterocycles. The van der Waals surface area contributed by atoms with Crippen LogP contribution in [0, 0.1) is 13.8 Å². The van der Waals surface area contributed by atoms with E-state index in [0.29, 0.717) is 21.9 Å². The van der Waals surface area contributed by atoms with Crippen molar-refractivity contribution in [1.82, 2.24) is 0 Å². The minimum atomic E-state index is -0.737. The molecule has 6 heteroatoms. The van der Waals surface area contributed by atoms with E-state index in [2.05, 4.69) is 0 Å². The van der Waals surface area contributed by atoms with E-state index in [1.54, 1.807) is 36.8 Å². The van der Waals surface area contributed by atoms with Gasteiger partial charge >= 0.3 is 0 Å². The molecular formula is C24H21NO4S. The van der Waals surface area contributed by atoms with Gasteiger partial charge in [0.25, 0.3) is 5.91 Å². The molecule has 1 aliphatic rings. The van der Waals surface area contributed by atoms with E-state index in [4.69, 9.17) is 4.74 Å². The lowest BCUT2D eigenvalue weighted by molar-refractivity contribution is -0.117. The monoisotopic (exact) mass is 419 g/mol. The number of ketones is 1. The van der Waals surface area contributed by atoms with Crippen LogP contribution in [0.5, 0.6) is 5.75 Å². The van der Waals surface area contributed by atoms with Gasteiger partial charge in [-0.1, -0.05) is 30.3 Å². The fraction of sp³-hybridized carbons (Fsp3) is 0.167. The van der Waals surface area contributed by atoms with E-state index in [0.717, 1.165) is 11.1 Å². The summed E-state index contributed by atoms with van der Waals surface area (Å²) < 4.78 is 5.25. The molecular weight excluding hydrogens is 398 g/mol. The first kappa shape index (κ1) is 19.9. The van der Waals surface area contributed by atoms with Gasteiger partial charge in [0.05, 0.1) is 23.6 Å². The zero-order valence-electron chi connectivity index (χ0n) is 16.9. The number of thiophene rings is 1. The molecule has 2 aromatic carbocycles. The van der Waals surface area contributed by atoms with E-state index in [9.17, 15) is 14.7 Å². The molecule has 1 unspecified atom stereocenters. The number of aryl methyl sites for hydroxylation is 2. The van der Waals surface area contributed by atoms with Gasteiger partial charge in [-0.15, -0.1) is 11.3 Å². The van der Waals surface area contributed by atoms with Crippen LogP contribution in [0.1, 0.15) is 32.4 Å². The lowest BCUT2D eigenvalue weighted by Crippen LogP contribution is -2.31. The Morgan fingerprint density at radius 2 is 1.83 bits per heavy atom. The number of methoxy groups -OCH3 is 1. The molecule has 0 aliphatic carbocycles. The van der Waals surface area contributed by atoms with Crippen LogP contribution >= 0.6 is 11.3 Å². The molecule has 0 saturated heterocycles. The average molecular weight is 420 g/mol. The van der Waals surface area contributed by atoms with E-state index in [1.165, 1.54) is 16.2 Å². The van der Waals surface area contributed by atoms with Crippen LogP contribution in [0.3, 0.4) is 0 Å². The van der Waals surface area contributed by atoms with Gasteiger partial charge in [0.2, 0.25) is 5.78 Å². The molecule has 0 bridgehead atoms. The quantitative estimate of drug-likeness (QED) is 0.581. The molecule has 1 aromatic heterocycles. The van der Waals surface area contributed by atoms with Gasteiger partial charge < -0.3 is 9.84 Å². The third-order valence-electron chi connectivity index (χ3n) is 5.25. The lowest BCUT2D eigenvalue weighted by atomic mass is 9.94. The molecule has 1 aliphatic heterocycles. The van der Waals surface area contributed by atoms with Crippen molar-refractivity contribution in [2.75, 3.05) is 12.0 Å². The van der Waals surface area contributed by atoms with Crippen molar-refractivity contribution in [3.05, 3.63) is 92.9 Å². The molecule has 1 atom stereocenters. The maximum absolute atomic E-state index is 13.3. The fourth-order valence-electron chi connectivity index (χ4n) is 3.71. The third-order valence-corrected chi connectivity index (χ3v) is 6.12. The predicted octanol–water partition coefficient (Wildman–Crippen LogP) is 5.16. The molecule has 30 heavy (non-hydrogen) atoms. The van der Waals surface area contributed by atoms with Crippen LogP contribution in [0.15, 0.2) is 71.3 Å². The predicted molar refractivity (Wildman–Crippen MR) is 117 cm³/mol. The maximum atomic E-state index is 13.3. The standard InChI is InChI=1S/C24H21NO4S/c1-14-6-7-15(2)18(13-14)25-21(16-8-10-17(29-3)11-9-16)20(23(27)24(25)28)22(26)19-5-4-12-30-19/h4-13,21,27H,1-3H3. The number of Topliss-reactive ketones (excluding diaryl/α,β-unsaturated/α-hetero) is 1. The number of rotatable bonds is 5. The van der Waals surface area contributed by atoms with Crippen LogP contribution in [-0.4, -0.2) is 23.9 Å². The van der Waals surface area contributed by atoms with Crippen LogP contribution in [-0.2, 0) is 4.79 Å². The summed E-state index contributed by atoms with van der Waals surface area (Å²) in [4.78, 5) is 28.5. The largest absolute Gasteiger partial charge is 0.503 e. The smallest absolute Gasteiger partial charge is 0.294 e. The van der Waals surface area contributed by atoms with Crippen molar-refractivity contribution in [3.8, 4) is 5.75 Å². The number of hydrogen-bond donors (Lipinski definition) is 1. The number of amides is 1. The normalized spacial score (nSPS) is 16.3. The minimum Gasteiger partial charge on any atom is -0.503 e. The number of anilines is 1. The Hall–Kier alpha value is -3.38. The summed E-state index contributed by atoms with van der Waals surface area (Å²) >= 11 is 1.28. The first-order valence-corrected chi connectivity index (χ1v) is 10.4. The number of nitrogens with zero attached hydrogens (tertiary/aromatic N) is 1. The Labute approximate surface area is 178 Å². The van der Waals surface area contributed by atoms with Gasteiger partial charge in [-0.2, -0.15) is 0 Å². The highest BCUT2D eigenvalue weighted by Crippen LogP contribution is 2.43. The van der Waals surface area contributed by atoms with E-state index in [-0.39, 0.29) is 11.4 Å². The average Bonchev–Trinajstić information content (AvgIpc) is 3.37. The zero-order valence-corrected chi connectivity index (χ0v) is 17.7. The van der Waals surface area contributed by atoms with E-state index < -0.39 is 17.7 Å². The first-order chi connectivity index (χ1) is 14.4. The van der Waals surface area contributed by atoms with Crippen molar-refractivity contribution in [3.63, 3.8) is 0 Å². The number of aliphatic hydroxyl groups excluding tert-OH is 1. The molecule has 0 radical (unpaired) electrons. The Bertz CT molecular complexity index is 1150. The van der Waals surface area contributed by atoms with Gasteiger partial charge in [-0.3, -0.25) is 14.5 Å². The number of carbonyl (C=O) groups excluding carboxylic acids is 2. The van der Waals surface area contributed by atoms with Gasteiger partial charge in [0, 0.05) is 5.69 Å². The van der Waals surface area contributed by atoms with E-state index in [1.807, 2.05) is 44.2 Å².